The van der Waals surface area contributed by atoms with Gasteiger partial charge in [-0.1, -0.05) is 43.1 Å². The standard InChI is InChI=1S/C27H34Cl2N6O/c1-17(2)19(4)32-27(34-12-10-30-18(3)15-34)33-22-7-8-23-25(14-22)31-16-35(26(23)36)11-9-20-5-6-21(28)13-24(20)29/h5-8,13-14,16-19,30H,9-12,15H2,1-4H3,(H,32,33)/t18-,19?/m1/s1. The van der Waals surface area contributed by atoms with E-state index in [1.54, 1.807) is 23.0 Å². The van der Waals surface area contributed by atoms with Crippen molar-refractivity contribution < 1.29 is 0 Å². The minimum atomic E-state index is -0.0742. The summed E-state index contributed by atoms with van der Waals surface area (Å²) in [7, 11) is 0. The summed E-state index contributed by atoms with van der Waals surface area (Å²) in [6, 6.07) is 11.7. The Morgan fingerprint density at radius 3 is 2.75 bits per heavy atom. The van der Waals surface area contributed by atoms with Gasteiger partial charge in [-0.15, -0.1) is 0 Å². The number of nitrogens with one attached hydrogen (secondary N) is 2. The van der Waals surface area contributed by atoms with Crippen molar-refractivity contribution in [2.75, 3.05) is 25.0 Å². The van der Waals surface area contributed by atoms with Gasteiger partial charge in [0.05, 0.1) is 23.3 Å². The SMILES string of the molecule is CC(C)C(C)N=C(Nc1ccc2c(=O)n(CCc3ccc(Cl)cc3Cl)cnc2c1)N1CCN[C@H](C)C1. The van der Waals surface area contributed by atoms with Gasteiger partial charge in [-0.3, -0.25) is 9.36 Å². The molecule has 1 unspecified atom stereocenters. The molecule has 4 rings (SSSR count). The van der Waals surface area contributed by atoms with E-state index >= 15 is 0 Å². The minimum Gasteiger partial charge on any atom is -0.340 e. The lowest BCUT2D eigenvalue weighted by Crippen LogP contribution is -2.53. The van der Waals surface area contributed by atoms with E-state index in [0.29, 0.717) is 45.9 Å². The number of hydrogen-bond acceptors (Lipinski definition) is 4. The van der Waals surface area contributed by atoms with Crippen LogP contribution in [0.2, 0.25) is 10.0 Å². The van der Waals surface area contributed by atoms with Gasteiger partial charge in [0.25, 0.3) is 5.56 Å². The van der Waals surface area contributed by atoms with Gasteiger partial charge in [0.2, 0.25) is 0 Å². The maximum atomic E-state index is 13.1. The van der Waals surface area contributed by atoms with Gasteiger partial charge in [-0.25, -0.2) is 9.98 Å². The van der Waals surface area contributed by atoms with Crippen LogP contribution >= 0.6 is 23.2 Å². The lowest BCUT2D eigenvalue weighted by Gasteiger charge is -2.35. The Labute approximate surface area is 222 Å². The molecule has 0 radical (unpaired) electrons. The molecule has 0 bridgehead atoms. The summed E-state index contributed by atoms with van der Waals surface area (Å²) in [5.41, 5.74) is 2.38. The molecule has 2 heterocycles. The van der Waals surface area contributed by atoms with Crippen LogP contribution < -0.4 is 16.2 Å². The van der Waals surface area contributed by atoms with E-state index in [4.69, 9.17) is 28.2 Å². The van der Waals surface area contributed by atoms with E-state index in [2.05, 4.69) is 48.2 Å². The fourth-order valence-electron chi connectivity index (χ4n) is 4.15. The number of rotatable bonds is 6. The molecular formula is C27H34Cl2N6O. The van der Waals surface area contributed by atoms with Gasteiger partial charge in [-0.2, -0.15) is 0 Å². The fraction of sp³-hybridized carbons (Fsp3) is 0.444. The Bertz CT molecular complexity index is 1310. The number of halogens is 2. The number of benzene rings is 2. The van der Waals surface area contributed by atoms with Crippen LogP contribution in [0.4, 0.5) is 5.69 Å². The predicted molar refractivity (Wildman–Crippen MR) is 151 cm³/mol. The molecule has 9 heteroatoms. The first-order valence-corrected chi connectivity index (χ1v) is 13.2. The third kappa shape index (κ3) is 6.38. The second kappa shape index (κ2) is 11.6. The third-order valence-electron chi connectivity index (χ3n) is 6.68. The van der Waals surface area contributed by atoms with Crippen molar-refractivity contribution >= 4 is 45.8 Å². The third-order valence-corrected chi connectivity index (χ3v) is 7.26. The van der Waals surface area contributed by atoms with Gasteiger partial charge >= 0.3 is 0 Å². The van der Waals surface area contributed by atoms with Crippen molar-refractivity contribution in [1.29, 1.82) is 0 Å². The maximum absolute atomic E-state index is 13.1. The molecule has 2 N–H and O–H groups in total. The number of aromatic nitrogens is 2. The molecule has 36 heavy (non-hydrogen) atoms. The molecule has 1 aromatic heterocycles. The Balaban J connectivity index is 1.55. The number of guanidine groups is 1. The first-order valence-electron chi connectivity index (χ1n) is 12.5. The summed E-state index contributed by atoms with van der Waals surface area (Å²) in [5, 5.41) is 8.77. The molecular weight excluding hydrogens is 495 g/mol. The van der Waals surface area contributed by atoms with Crippen LogP contribution in [0, 0.1) is 5.92 Å². The van der Waals surface area contributed by atoms with E-state index in [0.717, 1.165) is 36.8 Å². The molecule has 2 aromatic carbocycles. The molecule has 2 atom stereocenters. The smallest absolute Gasteiger partial charge is 0.261 e. The molecule has 0 spiro atoms. The maximum Gasteiger partial charge on any atom is 0.261 e. The first kappa shape index (κ1) is 26.5. The number of aliphatic imine (C=N–C) groups is 1. The lowest BCUT2D eigenvalue weighted by molar-refractivity contribution is 0.300. The molecule has 7 nitrogen and oxygen atoms in total. The minimum absolute atomic E-state index is 0.0742. The zero-order valence-corrected chi connectivity index (χ0v) is 22.8. The number of anilines is 1. The number of fused-ring (bicyclic) bond motifs is 1. The van der Waals surface area contributed by atoms with Crippen molar-refractivity contribution in [3.63, 3.8) is 0 Å². The summed E-state index contributed by atoms with van der Waals surface area (Å²) >= 11 is 12.3. The Morgan fingerprint density at radius 1 is 1.22 bits per heavy atom. The van der Waals surface area contributed by atoms with Gasteiger partial charge in [0.15, 0.2) is 5.96 Å². The van der Waals surface area contributed by atoms with E-state index in [9.17, 15) is 4.79 Å². The molecule has 0 amide bonds. The van der Waals surface area contributed by atoms with Crippen LogP contribution in [0.15, 0.2) is 52.5 Å². The highest BCUT2D eigenvalue weighted by atomic mass is 35.5. The van der Waals surface area contributed by atoms with Crippen molar-refractivity contribution in [2.45, 2.75) is 52.7 Å². The lowest BCUT2D eigenvalue weighted by atomic mass is 10.1. The Morgan fingerprint density at radius 2 is 2.03 bits per heavy atom. The van der Waals surface area contributed by atoms with Crippen LogP contribution in [0.1, 0.15) is 33.3 Å². The normalized spacial score (nSPS) is 17.6. The van der Waals surface area contributed by atoms with Gasteiger partial charge in [0.1, 0.15) is 0 Å². The molecule has 0 saturated carbocycles. The summed E-state index contributed by atoms with van der Waals surface area (Å²) in [4.78, 5) is 25.0. The monoisotopic (exact) mass is 528 g/mol. The first-order chi connectivity index (χ1) is 17.2. The van der Waals surface area contributed by atoms with Crippen LogP contribution in [0.25, 0.3) is 10.9 Å². The van der Waals surface area contributed by atoms with Gasteiger partial charge < -0.3 is 15.5 Å². The zero-order chi connectivity index (χ0) is 25.8. The second-order valence-electron chi connectivity index (χ2n) is 9.82. The molecule has 1 aliphatic rings. The quantitative estimate of drug-likeness (QED) is 0.345. The Kier molecular flexibility index (Phi) is 8.54. The highest BCUT2D eigenvalue weighted by Crippen LogP contribution is 2.22. The second-order valence-corrected chi connectivity index (χ2v) is 10.7. The summed E-state index contributed by atoms with van der Waals surface area (Å²) < 4.78 is 1.62. The average Bonchev–Trinajstić information content (AvgIpc) is 2.84. The number of nitrogens with zero attached hydrogens (tertiary/aromatic N) is 4. The fourth-order valence-corrected chi connectivity index (χ4v) is 4.65. The number of piperazine rings is 1. The summed E-state index contributed by atoms with van der Waals surface area (Å²) in [6.07, 6.45) is 2.21. The van der Waals surface area contributed by atoms with E-state index in [1.807, 2.05) is 24.3 Å². The van der Waals surface area contributed by atoms with Crippen LogP contribution in [-0.4, -0.2) is 52.1 Å². The Hall–Kier alpha value is -2.61. The number of aryl methyl sites for hydroxylation is 2. The van der Waals surface area contributed by atoms with Crippen molar-refractivity contribution in [3.8, 4) is 0 Å². The molecule has 3 aromatic rings. The molecule has 0 aliphatic carbocycles. The number of hydrogen-bond donors (Lipinski definition) is 2. The molecule has 1 saturated heterocycles. The summed E-state index contributed by atoms with van der Waals surface area (Å²) in [5.74, 6) is 1.29. The zero-order valence-electron chi connectivity index (χ0n) is 21.3. The predicted octanol–water partition coefficient (Wildman–Crippen LogP) is 5.05. The van der Waals surface area contributed by atoms with Crippen molar-refractivity contribution in [2.24, 2.45) is 10.9 Å². The van der Waals surface area contributed by atoms with E-state index in [1.165, 1.54) is 0 Å². The van der Waals surface area contributed by atoms with Crippen LogP contribution in [-0.2, 0) is 13.0 Å². The van der Waals surface area contributed by atoms with Gasteiger partial charge in [-0.05, 0) is 62.1 Å². The van der Waals surface area contributed by atoms with Crippen LogP contribution in [0.5, 0.6) is 0 Å². The highest BCUT2D eigenvalue weighted by Gasteiger charge is 2.21. The van der Waals surface area contributed by atoms with E-state index in [-0.39, 0.29) is 11.6 Å². The van der Waals surface area contributed by atoms with Gasteiger partial charge in [0, 0.05) is 48.0 Å². The molecule has 1 fully saturated rings. The molecule has 192 valence electrons. The van der Waals surface area contributed by atoms with Crippen molar-refractivity contribution in [1.82, 2.24) is 19.8 Å². The highest BCUT2D eigenvalue weighted by molar-refractivity contribution is 6.35. The van der Waals surface area contributed by atoms with E-state index < -0.39 is 0 Å². The topological polar surface area (TPSA) is 74.5 Å². The summed E-state index contributed by atoms with van der Waals surface area (Å²) in [6.45, 7) is 11.8. The largest absolute Gasteiger partial charge is 0.340 e. The molecule has 1 aliphatic heterocycles. The average molecular weight is 530 g/mol. The van der Waals surface area contributed by atoms with Crippen molar-refractivity contribution in [3.05, 3.63) is 68.7 Å². The van der Waals surface area contributed by atoms with Crippen LogP contribution in [0.3, 0.4) is 0 Å².